The highest BCUT2D eigenvalue weighted by atomic mass is 16.2. The van der Waals surface area contributed by atoms with E-state index in [2.05, 4.69) is 5.32 Å². The lowest BCUT2D eigenvalue weighted by atomic mass is 10.0. The summed E-state index contributed by atoms with van der Waals surface area (Å²) in [6.45, 7) is 1.95. The van der Waals surface area contributed by atoms with Crippen molar-refractivity contribution < 1.29 is 19.2 Å². The Kier molecular flexibility index (Phi) is 3.08. The van der Waals surface area contributed by atoms with E-state index < -0.39 is 23.8 Å². The molecule has 2 aliphatic heterocycles. The number of hydrogen-bond donors (Lipinski definition) is 1. The van der Waals surface area contributed by atoms with Gasteiger partial charge in [0.15, 0.2) is 0 Å². The Labute approximate surface area is 121 Å². The first-order valence-electron chi connectivity index (χ1n) is 6.81. The summed E-state index contributed by atoms with van der Waals surface area (Å²) in [6, 6.07) is -0.908. The fourth-order valence-electron chi connectivity index (χ4n) is 2.68. The van der Waals surface area contributed by atoms with E-state index in [1.165, 1.54) is 0 Å². The number of carbonyl (C=O) groups is 4. The normalized spacial score (nSPS) is 26.3. The van der Waals surface area contributed by atoms with E-state index in [1.54, 1.807) is 12.2 Å². The van der Waals surface area contributed by atoms with Crippen molar-refractivity contribution >= 4 is 23.6 Å². The summed E-state index contributed by atoms with van der Waals surface area (Å²) in [4.78, 5) is 48.9. The minimum atomic E-state index is -0.908. The molecule has 6 heteroatoms. The van der Waals surface area contributed by atoms with Crippen LogP contribution in [0.3, 0.4) is 0 Å². The molecule has 3 aliphatic rings. The lowest BCUT2D eigenvalue weighted by molar-refractivity contribution is -0.149. The number of amides is 4. The van der Waals surface area contributed by atoms with Gasteiger partial charge in [0, 0.05) is 6.42 Å². The lowest BCUT2D eigenvalue weighted by Gasteiger charge is -2.28. The van der Waals surface area contributed by atoms with E-state index >= 15 is 0 Å². The van der Waals surface area contributed by atoms with Crippen LogP contribution in [0.2, 0.25) is 0 Å². The second-order valence-corrected chi connectivity index (χ2v) is 5.35. The molecule has 0 bridgehead atoms. The highest BCUT2D eigenvalue weighted by molar-refractivity contribution is 6.24. The molecule has 0 aromatic carbocycles. The first kappa shape index (κ1) is 13.5. The van der Waals surface area contributed by atoms with Crippen LogP contribution in [0.25, 0.3) is 0 Å². The van der Waals surface area contributed by atoms with E-state index in [1.807, 2.05) is 19.1 Å². The van der Waals surface area contributed by atoms with Crippen LogP contribution < -0.4 is 5.32 Å². The molecule has 1 fully saturated rings. The quantitative estimate of drug-likeness (QED) is 0.699. The number of nitrogens with one attached hydrogen (secondary N) is 1. The van der Waals surface area contributed by atoms with Gasteiger partial charge in [-0.15, -0.1) is 0 Å². The minimum absolute atomic E-state index is 0.126. The molecule has 0 aromatic rings. The maximum absolute atomic E-state index is 12.4. The Balaban J connectivity index is 1.92. The van der Waals surface area contributed by atoms with Crippen molar-refractivity contribution in [1.82, 2.24) is 10.2 Å². The number of imide groups is 2. The van der Waals surface area contributed by atoms with Crippen LogP contribution in [0, 0.1) is 5.92 Å². The molecule has 1 unspecified atom stereocenters. The molecule has 108 valence electrons. The summed E-state index contributed by atoms with van der Waals surface area (Å²) in [5.74, 6) is -1.77. The molecule has 1 aliphatic carbocycles. The number of nitrogens with zero attached hydrogens (tertiary/aromatic N) is 1. The molecule has 1 saturated heterocycles. The van der Waals surface area contributed by atoms with Crippen molar-refractivity contribution in [3.8, 4) is 0 Å². The largest absolute Gasteiger partial charge is 0.295 e. The van der Waals surface area contributed by atoms with Gasteiger partial charge in [-0.3, -0.25) is 29.4 Å². The van der Waals surface area contributed by atoms with Crippen molar-refractivity contribution in [2.45, 2.75) is 25.8 Å². The van der Waals surface area contributed by atoms with Gasteiger partial charge in [0.25, 0.3) is 11.8 Å². The Bertz CT molecular complexity index is 621. The van der Waals surface area contributed by atoms with Gasteiger partial charge in [-0.25, -0.2) is 0 Å². The summed E-state index contributed by atoms with van der Waals surface area (Å²) >= 11 is 0. The zero-order valence-corrected chi connectivity index (χ0v) is 11.5. The Hall–Kier alpha value is -2.50. The minimum Gasteiger partial charge on any atom is -0.295 e. The van der Waals surface area contributed by atoms with Crippen LogP contribution >= 0.6 is 0 Å². The molecule has 21 heavy (non-hydrogen) atoms. The Morgan fingerprint density at radius 2 is 1.62 bits per heavy atom. The monoisotopic (exact) mass is 286 g/mol. The lowest BCUT2D eigenvalue weighted by Crippen LogP contribution is -2.54. The molecule has 2 heterocycles. The molecule has 1 N–H and O–H groups in total. The molecular weight excluding hydrogens is 272 g/mol. The van der Waals surface area contributed by atoms with Crippen LogP contribution in [0.5, 0.6) is 0 Å². The topological polar surface area (TPSA) is 83.6 Å². The SMILES string of the molecule is CC1C=CC2=C(C=C1)C(=O)N(C1CCC(=O)NC1=O)C2=O. The molecule has 4 amide bonds. The van der Waals surface area contributed by atoms with Crippen LogP contribution in [0.1, 0.15) is 19.8 Å². The highest BCUT2D eigenvalue weighted by Gasteiger charge is 2.44. The van der Waals surface area contributed by atoms with E-state index in [4.69, 9.17) is 0 Å². The summed E-state index contributed by atoms with van der Waals surface area (Å²) < 4.78 is 0. The fourth-order valence-corrected chi connectivity index (χ4v) is 2.68. The maximum atomic E-state index is 12.4. The summed E-state index contributed by atoms with van der Waals surface area (Å²) in [5.41, 5.74) is 0.621. The van der Waals surface area contributed by atoms with Gasteiger partial charge in [-0.2, -0.15) is 0 Å². The van der Waals surface area contributed by atoms with E-state index in [-0.39, 0.29) is 24.7 Å². The number of allylic oxidation sites excluding steroid dienone is 2. The van der Waals surface area contributed by atoms with Crippen molar-refractivity contribution in [1.29, 1.82) is 0 Å². The molecule has 1 atom stereocenters. The van der Waals surface area contributed by atoms with Gasteiger partial charge >= 0.3 is 0 Å². The predicted octanol–water partition coefficient (Wildman–Crippen LogP) is 0.219. The van der Waals surface area contributed by atoms with Gasteiger partial charge in [0.1, 0.15) is 6.04 Å². The first-order valence-corrected chi connectivity index (χ1v) is 6.81. The molecule has 6 nitrogen and oxygen atoms in total. The molecule has 0 aromatic heterocycles. The fraction of sp³-hybridized carbons (Fsp3) is 0.333. The summed E-state index contributed by atoms with van der Waals surface area (Å²) in [5, 5.41) is 2.17. The zero-order chi connectivity index (χ0) is 15.1. The van der Waals surface area contributed by atoms with Crippen LogP contribution in [0.4, 0.5) is 0 Å². The van der Waals surface area contributed by atoms with Crippen molar-refractivity contribution in [3.05, 3.63) is 35.5 Å². The third-order valence-electron chi connectivity index (χ3n) is 3.84. The van der Waals surface area contributed by atoms with E-state index in [9.17, 15) is 19.2 Å². The average molecular weight is 286 g/mol. The van der Waals surface area contributed by atoms with Gasteiger partial charge in [0.05, 0.1) is 11.1 Å². The van der Waals surface area contributed by atoms with E-state index in [0.29, 0.717) is 11.1 Å². The summed E-state index contributed by atoms with van der Waals surface area (Å²) in [6.07, 6.45) is 7.22. The maximum Gasteiger partial charge on any atom is 0.262 e. The van der Waals surface area contributed by atoms with Crippen molar-refractivity contribution in [2.24, 2.45) is 5.92 Å². The standard InChI is InChI=1S/C15H14N2O4/c1-8-2-4-9-10(5-3-8)15(21)17(14(9)20)11-6-7-12(18)16-13(11)19/h2-5,8,11H,6-7H2,1H3,(H,16,18,19). The van der Waals surface area contributed by atoms with Gasteiger partial charge < -0.3 is 0 Å². The Morgan fingerprint density at radius 1 is 1.05 bits per heavy atom. The third kappa shape index (κ3) is 2.12. The third-order valence-corrected chi connectivity index (χ3v) is 3.84. The van der Waals surface area contributed by atoms with Crippen molar-refractivity contribution in [3.63, 3.8) is 0 Å². The smallest absolute Gasteiger partial charge is 0.262 e. The second-order valence-electron chi connectivity index (χ2n) is 5.35. The molecule has 0 radical (unpaired) electrons. The average Bonchev–Trinajstić information content (AvgIpc) is 2.58. The van der Waals surface area contributed by atoms with Crippen LogP contribution in [0.15, 0.2) is 35.5 Å². The number of piperidine rings is 1. The highest BCUT2D eigenvalue weighted by Crippen LogP contribution is 2.29. The van der Waals surface area contributed by atoms with Crippen molar-refractivity contribution in [2.75, 3.05) is 0 Å². The molecular formula is C15H14N2O4. The Morgan fingerprint density at radius 3 is 2.14 bits per heavy atom. The number of rotatable bonds is 1. The number of hydrogen-bond acceptors (Lipinski definition) is 4. The van der Waals surface area contributed by atoms with Gasteiger partial charge in [0.2, 0.25) is 11.8 Å². The van der Waals surface area contributed by atoms with Gasteiger partial charge in [-0.1, -0.05) is 31.2 Å². The first-order chi connectivity index (χ1) is 9.99. The van der Waals surface area contributed by atoms with Crippen LogP contribution in [-0.2, 0) is 19.2 Å². The number of carbonyl (C=O) groups excluding carboxylic acids is 4. The van der Waals surface area contributed by atoms with Gasteiger partial charge in [-0.05, 0) is 12.3 Å². The summed E-state index contributed by atoms with van der Waals surface area (Å²) in [7, 11) is 0. The zero-order valence-electron chi connectivity index (χ0n) is 11.5. The van der Waals surface area contributed by atoms with Crippen LogP contribution in [-0.4, -0.2) is 34.6 Å². The molecule has 0 saturated carbocycles. The molecule has 0 spiro atoms. The second kappa shape index (κ2) is 4.80. The molecule has 3 rings (SSSR count). The predicted molar refractivity (Wildman–Crippen MR) is 72.5 cm³/mol. The van der Waals surface area contributed by atoms with E-state index in [0.717, 1.165) is 4.90 Å².